The van der Waals surface area contributed by atoms with Crippen LogP contribution in [0.2, 0.25) is 0 Å². The quantitative estimate of drug-likeness (QED) is 0.680. The van der Waals surface area contributed by atoms with Gasteiger partial charge in [0.2, 0.25) is 0 Å². The van der Waals surface area contributed by atoms with Crippen LogP contribution in [0.4, 0.5) is 4.79 Å². The highest BCUT2D eigenvalue weighted by atomic mass is 32.2. The van der Waals surface area contributed by atoms with Gasteiger partial charge in [0.05, 0.1) is 12.5 Å². The van der Waals surface area contributed by atoms with E-state index < -0.39 is 0 Å². The summed E-state index contributed by atoms with van der Waals surface area (Å²) in [4.78, 5) is 18.7. The average molecular weight is 280 g/mol. The molecule has 0 radical (unpaired) electrons. The fraction of sp³-hybridized carbons (Fsp3) is 0.500. The van der Waals surface area contributed by atoms with Crippen molar-refractivity contribution in [3.63, 3.8) is 0 Å². The van der Waals surface area contributed by atoms with Gasteiger partial charge in [-0.25, -0.2) is 10.3 Å². The summed E-state index contributed by atoms with van der Waals surface area (Å²) in [6.45, 7) is 5.52. The van der Waals surface area contributed by atoms with Crippen LogP contribution in [0.1, 0.15) is 16.7 Å². The van der Waals surface area contributed by atoms with Crippen molar-refractivity contribution in [1.82, 2.24) is 10.4 Å². The molecule has 0 spiro atoms. The Balaban J connectivity index is 1.71. The molecule has 0 unspecified atom stereocenters. The van der Waals surface area contributed by atoms with E-state index in [-0.39, 0.29) is 6.03 Å². The van der Waals surface area contributed by atoms with Crippen LogP contribution in [0.5, 0.6) is 0 Å². The molecule has 1 aromatic carbocycles. The van der Waals surface area contributed by atoms with E-state index in [2.05, 4.69) is 37.5 Å². The zero-order chi connectivity index (χ0) is 13.7. The SMILES string of the molecule is Cc1cccc(CCONC(=O)N2CCSC2)c1C. The Bertz CT molecular complexity index is 445. The van der Waals surface area contributed by atoms with E-state index >= 15 is 0 Å². The summed E-state index contributed by atoms with van der Waals surface area (Å²) >= 11 is 1.76. The van der Waals surface area contributed by atoms with Crippen LogP contribution in [-0.4, -0.2) is 35.7 Å². The third-order valence-corrected chi connectivity index (χ3v) is 4.36. The minimum absolute atomic E-state index is 0.133. The van der Waals surface area contributed by atoms with Crippen LogP contribution in [0.25, 0.3) is 0 Å². The summed E-state index contributed by atoms with van der Waals surface area (Å²) in [7, 11) is 0. The first-order valence-electron chi connectivity index (χ1n) is 6.48. The first-order chi connectivity index (χ1) is 9.18. The number of thioether (sulfide) groups is 1. The highest BCUT2D eigenvalue weighted by molar-refractivity contribution is 7.99. The summed E-state index contributed by atoms with van der Waals surface area (Å²) in [6, 6.07) is 6.13. The number of carbonyl (C=O) groups excluding carboxylic acids is 1. The number of nitrogens with one attached hydrogen (secondary N) is 1. The summed E-state index contributed by atoms with van der Waals surface area (Å²) in [5, 5.41) is 0. The van der Waals surface area contributed by atoms with Crippen LogP contribution >= 0.6 is 11.8 Å². The van der Waals surface area contributed by atoms with Crippen LogP contribution in [0, 0.1) is 13.8 Å². The lowest BCUT2D eigenvalue weighted by molar-refractivity contribution is 0.0525. The Morgan fingerprint density at radius 1 is 1.47 bits per heavy atom. The number of urea groups is 1. The molecule has 1 aromatic rings. The summed E-state index contributed by atoms with van der Waals surface area (Å²) in [5.41, 5.74) is 6.36. The van der Waals surface area contributed by atoms with Crippen LogP contribution < -0.4 is 5.48 Å². The van der Waals surface area contributed by atoms with E-state index in [4.69, 9.17) is 4.84 Å². The lowest BCUT2D eigenvalue weighted by Gasteiger charge is -2.15. The lowest BCUT2D eigenvalue weighted by Crippen LogP contribution is -2.38. The van der Waals surface area contributed by atoms with E-state index in [1.165, 1.54) is 16.7 Å². The normalized spacial score (nSPS) is 14.7. The molecule has 1 fully saturated rings. The number of aryl methyl sites for hydroxylation is 1. The van der Waals surface area contributed by atoms with Gasteiger partial charge < -0.3 is 4.90 Å². The van der Waals surface area contributed by atoms with Crippen LogP contribution in [-0.2, 0) is 11.3 Å². The number of hydrogen-bond acceptors (Lipinski definition) is 3. The molecule has 1 saturated heterocycles. The Labute approximate surface area is 118 Å². The maximum Gasteiger partial charge on any atom is 0.342 e. The fourth-order valence-electron chi connectivity index (χ4n) is 2.00. The Kier molecular flexibility index (Phi) is 5.10. The molecule has 104 valence electrons. The van der Waals surface area contributed by atoms with Crippen molar-refractivity contribution in [1.29, 1.82) is 0 Å². The molecule has 4 nitrogen and oxygen atoms in total. The molecule has 1 aliphatic rings. The third kappa shape index (κ3) is 3.88. The van der Waals surface area contributed by atoms with Crippen molar-refractivity contribution in [3.05, 3.63) is 34.9 Å². The predicted molar refractivity (Wildman–Crippen MR) is 78.1 cm³/mol. The van der Waals surface area contributed by atoms with E-state index in [1.807, 2.05) is 0 Å². The first kappa shape index (κ1) is 14.2. The molecule has 0 bridgehead atoms. The van der Waals surface area contributed by atoms with Gasteiger partial charge in [0.25, 0.3) is 0 Å². The first-order valence-corrected chi connectivity index (χ1v) is 7.63. The van der Waals surface area contributed by atoms with Gasteiger partial charge in [0.15, 0.2) is 0 Å². The molecular formula is C14H20N2O2S. The van der Waals surface area contributed by atoms with E-state index in [9.17, 15) is 4.79 Å². The largest absolute Gasteiger partial charge is 0.342 e. The fourth-order valence-corrected chi connectivity index (χ4v) is 2.94. The molecule has 2 amide bonds. The molecule has 0 aliphatic carbocycles. The second kappa shape index (κ2) is 6.82. The maximum atomic E-state index is 11.7. The van der Waals surface area contributed by atoms with Crippen molar-refractivity contribution in [3.8, 4) is 0 Å². The van der Waals surface area contributed by atoms with Gasteiger partial charge in [-0.2, -0.15) is 0 Å². The van der Waals surface area contributed by atoms with Crippen LogP contribution in [0.3, 0.4) is 0 Å². The lowest BCUT2D eigenvalue weighted by atomic mass is 10.0. The van der Waals surface area contributed by atoms with Crippen molar-refractivity contribution >= 4 is 17.8 Å². The highest BCUT2D eigenvalue weighted by Gasteiger charge is 2.17. The zero-order valence-electron chi connectivity index (χ0n) is 11.4. The van der Waals surface area contributed by atoms with Crippen molar-refractivity contribution < 1.29 is 9.63 Å². The van der Waals surface area contributed by atoms with Gasteiger partial charge in [-0.15, -0.1) is 11.8 Å². The van der Waals surface area contributed by atoms with Gasteiger partial charge in [-0.3, -0.25) is 4.84 Å². The molecule has 5 heteroatoms. The standard InChI is InChI=1S/C14H20N2O2S/c1-11-4-3-5-13(12(11)2)6-8-18-15-14(17)16-7-9-19-10-16/h3-5H,6-10H2,1-2H3,(H,15,17). The van der Waals surface area contributed by atoms with E-state index in [1.54, 1.807) is 16.7 Å². The van der Waals surface area contributed by atoms with Crippen molar-refractivity contribution in [2.45, 2.75) is 20.3 Å². The van der Waals surface area contributed by atoms with E-state index in [0.29, 0.717) is 6.61 Å². The number of amides is 2. The smallest absolute Gasteiger partial charge is 0.313 e. The summed E-state index contributed by atoms with van der Waals surface area (Å²) < 4.78 is 0. The second-order valence-electron chi connectivity index (χ2n) is 4.67. The molecule has 0 saturated carbocycles. The molecular weight excluding hydrogens is 260 g/mol. The van der Waals surface area contributed by atoms with E-state index in [0.717, 1.165) is 24.6 Å². The zero-order valence-corrected chi connectivity index (χ0v) is 12.3. The summed E-state index contributed by atoms with van der Waals surface area (Å²) in [5.74, 6) is 1.77. The molecule has 2 rings (SSSR count). The van der Waals surface area contributed by atoms with Gasteiger partial charge in [0.1, 0.15) is 0 Å². The Hall–Kier alpha value is -1.20. The minimum Gasteiger partial charge on any atom is -0.313 e. The molecule has 0 aromatic heterocycles. The number of nitrogens with zero attached hydrogens (tertiary/aromatic N) is 1. The third-order valence-electron chi connectivity index (χ3n) is 3.39. The second-order valence-corrected chi connectivity index (χ2v) is 5.74. The highest BCUT2D eigenvalue weighted by Crippen LogP contribution is 2.14. The van der Waals surface area contributed by atoms with Crippen LogP contribution in [0.15, 0.2) is 18.2 Å². The van der Waals surface area contributed by atoms with Gasteiger partial charge in [0, 0.05) is 12.3 Å². The molecule has 0 atom stereocenters. The van der Waals surface area contributed by atoms with Gasteiger partial charge >= 0.3 is 6.03 Å². The maximum absolute atomic E-state index is 11.7. The number of rotatable bonds is 4. The number of benzene rings is 1. The Morgan fingerprint density at radius 2 is 2.32 bits per heavy atom. The van der Waals surface area contributed by atoms with Crippen molar-refractivity contribution in [2.24, 2.45) is 0 Å². The summed E-state index contributed by atoms with van der Waals surface area (Å²) in [6.07, 6.45) is 0.808. The minimum atomic E-state index is -0.133. The number of carbonyl (C=O) groups is 1. The number of hydroxylamine groups is 1. The van der Waals surface area contributed by atoms with Crippen molar-refractivity contribution in [2.75, 3.05) is 24.8 Å². The molecule has 19 heavy (non-hydrogen) atoms. The van der Waals surface area contributed by atoms with Gasteiger partial charge in [-0.1, -0.05) is 18.2 Å². The topological polar surface area (TPSA) is 41.6 Å². The predicted octanol–water partition coefficient (Wildman–Crippen LogP) is 2.49. The van der Waals surface area contributed by atoms with Gasteiger partial charge in [-0.05, 0) is 37.0 Å². The molecule has 1 aliphatic heterocycles. The monoisotopic (exact) mass is 280 g/mol. The molecule has 1 heterocycles. The molecule has 1 N–H and O–H groups in total. The average Bonchev–Trinajstić information content (AvgIpc) is 2.93. The number of hydrogen-bond donors (Lipinski definition) is 1. The Morgan fingerprint density at radius 3 is 3.05 bits per heavy atom.